The lowest BCUT2D eigenvalue weighted by Crippen LogP contribution is -2.34. The predicted octanol–water partition coefficient (Wildman–Crippen LogP) is 2.16. The number of hydrogen-bond acceptors (Lipinski definition) is 6. The molecule has 0 aromatic heterocycles. The minimum atomic E-state index is -0.384. The molecule has 1 saturated carbocycles. The molecule has 4 rings (SSSR count). The van der Waals surface area contributed by atoms with Gasteiger partial charge in [-0.3, -0.25) is 15.6 Å². The standard InChI is InChI=1S/C18H23FN2O4/c19-13-5-11-8-23-10-25-18(11)12(6-13)9-24-17(22)7-16-14-3-1-2-4-15(14)20-21-16/h5-6,14-16,20-21H,1-4,7-10H2. The van der Waals surface area contributed by atoms with Crippen molar-refractivity contribution >= 4 is 5.97 Å². The molecule has 0 bridgehead atoms. The molecule has 25 heavy (non-hydrogen) atoms. The Hall–Kier alpha value is -1.70. The van der Waals surface area contributed by atoms with Crippen molar-refractivity contribution in [3.8, 4) is 5.75 Å². The molecule has 1 saturated heterocycles. The summed E-state index contributed by atoms with van der Waals surface area (Å²) in [6.07, 6.45) is 5.05. The molecule has 2 aliphatic heterocycles. The van der Waals surface area contributed by atoms with E-state index in [9.17, 15) is 9.18 Å². The number of fused-ring (bicyclic) bond motifs is 2. The van der Waals surface area contributed by atoms with Gasteiger partial charge in [-0.05, 0) is 30.9 Å². The first-order valence-electron chi connectivity index (χ1n) is 8.89. The summed E-state index contributed by atoms with van der Waals surface area (Å²) in [4.78, 5) is 12.3. The van der Waals surface area contributed by atoms with Crippen LogP contribution in [0.3, 0.4) is 0 Å². The molecule has 3 atom stereocenters. The highest BCUT2D eigenvalue weighted by Crippen LogP contribution is 2.32. The summed E-state index contributed by atoms with van der Waals surface area (Å²) in [5, 5.41) is 0. The molecular weight excluding hydrogens is 327 g/mol. The van der Waals surface area contributed by atoms with Gasteiger partial charge < -0.3 is 14.2 Å². The van der Waals surface area contributed by atoms with Gasteiger partial charge in [0.2, 0.25) is 0 Å². The van der Waals surface area contributed by atoms with Crippen molar-refractivity contribution in [2.45, 2.75) is 57.4 Å². The second-order valence-corrected chi connectivity index (χ2v) is 6.98. The Morgan fingerprint density at radius 1 is 1.28 bits per heavy atom. The number of hydrogen-bond donors (Lipinski definition) is 2. The third kappa shape index (κ3) is 3.63. The molecule has 2 N–H and O–H groups in total. The van der Waals surface area contributed by atoms with Gasteiger partial charge in [-0.15, -0.1) is 0 Å². The van der Waals surface area contributed by atoms with Crippen LogP contribution in [-0.4, -0.2) is 24.8 Å². The van der Waals surface area contributed by atoms with Crippen LogP contribution in [0.5, 0.6) is 5.75 Å². The van der Waals surface area contributed by atoms with Gasteiger partial charge in [0.25, 0.3) is 0 Å². The summed E-state index contributed by atoms with van der Waals surface area (Å²) < 4.78 is 29.7. The highest BCUT2D eigenvalue weighted by Gasteiger charge is 2.38. The molecule has 3 aliphatic rings. The van der Waals surface area contributed by atoms with Crippen LogP contribution in [-0.2, 0) is 27.5 Å². The molecule has 2 fully saturated rings. The highest BCUT2D eigenvalue weighted by atomic mass is 19.1. The van der Waals surface area contributed by atoms with Crippen LogP contribution in [0.25, 0.3) is 0 Å². The Morgan fingerprint density at radius 3 is 3.08 bits per heavy atom. The summed E-state index contributed by atoms with van der Waals surface area (Å²) in [7, 11) is 0. The maximum Gasteiger partial charge on any atom is 0.307 e. The SMILES string of the molecule is O=C(CC1NNC2CCCCC21)OCc1cc(F)cc2c1OCOC2. The van der Waals surface area contributed by atoms with E-state index in [0.717, 1.165) is 12.8 Å². The summed E-state index contributed by atoms with van der Waals surface area (Å²) in [5.74, 6) is 0.373. The first-order valence-corrected chi connectivity index (χ1v) is 8.89. The highest BCUT2D eigenvalue weighted by molar-refractivity contribution is 5.70. The number of carbonyl (C=O) groups is 1. The molecule has 6 nitrogen and oxygen atoms in total. The van der Waals surface area contributed by atoms with Crippen molar-refractivity contribution < 1.29 is 23.4 Å². The van der Waals surface area contributed by atoms with Crippen molar-refractivity contribution in [1.29, 1.82) is 0 Å². The van der Waals surface area contributed by atoms with Gasteiger partial charge in [-0.25, -0.2) is 4.39 Å². The average Bonchev–Trinajstić information content (AvgIpc) is 3.02. The number of halogens is 1. The van der Waals surface area contributed by atoms with E-state index in [0.29, 0.717) is 41.9 Å². The molecule has 0 spiro atoms. The van der Waals surface area contributed by atoms with Crippen molar-refractivity contribution in [3.05, 3.63) is 29.1 Å². The van der Waals surface area contributed by atoms with Crippen molar-refractivity contribution in [3.63, 3.8) is 0 Å². The molecule has 7 heteroatoms. The van der Waals surface area contributed by atoms with Crippen LogP contribution in [0.4, 0.5) is 4.39 Å². The van der Waals surface area contributed by atoms with E-state index >= 15 is 0 Å². The van der Waals surface area contributed by atoms with Gasteiger partial charge in [-0.2, -0.15) is 0 Å². The topological polar surface area (TPSA) is 68.8 Å². The second kappa shape index (κ2) is 7.27. The average molecular weight is 350 g/mol. The Balaban J connectivity index is 1.35. The molecule has 3 unspecified atom stereocenters. The Bertz CT molecular complexity index is 654. The zero-order valence-electron chi connectivity index (χ0n) is 14.1. The van der Waals surface area contributed by atoms with Crippen LogP contribution in [0, 0.1) is 11.7 Å². The van der Waals surface area contributed by atoms with E-state index in [1.807, 2.05) is 0 Å². The number of carbonyl (C=O) groups excluding carboxylic acids is 1. The van der Waals surface area contributed by atoms with Gasteiger partial charge in [0.15, 0.2) is 6.79 Å². The van der Waals surface area contributed by atoms with Crippen LogP contribution < -0.4 is 15.6 Å². The third-order valence-corrected chi connectivity index (χ3v) is 5.32. The van der Waals surface area contributed by atoms with Crippen LogP contribution in [0.2, 0.25) is 0 Å². The first-order chi connectivity index (χ1) is 12.2. The Labute approximate surface area is 146 Å². The van der Waals surface area contributed by atoms with Gasteiger partial charge >= 0.3 is 5.97 Å². The first kappa shape index (κ1) is 16.8. The molecule has 2 heterocycles. The van der Waals surface area contributed by atoms with E-state index in [1.165, 1.54) is 25.0 Å². The summed E-state index contributed by atoms with van der Waals surface area (Å²) in [5.41, 5.74) is 7.71. The second-order valence-electron chi connectivity index (χ2n) is 6.98. The molecule has 136 valence electrons. The van der Waals surface area contributed by atoms with Crippen LogP contribution in [0.1, 0.15) is 43.2 Å². The number of ether oxygens (including phenoxy) is 3. The molecule has 0 radical (unpaired) electrons. The van der Waals surface area contributed by atoms with Crippen molar-refractivity contribution in [1.82, 2.24) is 10.9 Å². The van der Waals surface area contributed by atoms with Crippen molar-refractivity contribution in [2.75, 3.05) is 6.79 Å². The summed E-state index contributed by atoms with van der Waals surface area (Å²) in [6, 6.07) is 3.29. The maximum atomic E-state index is 13.7. The molecule has 1 aliphatic carbocycles. The Kier molecular flexibility index (Phi) is 4.87. The number of nitrogens with one attached hydrogen (secondary N) is 2. The lowest BCUT2D eigenvalue weighted by Gasteiger charge is -2.26. The van der Waals surface area contributed by atoms with E-state index in [1.54, 1.807) is 0 Å². The monoisotopic (exact) mass is 350 g/mol. The third-order valence-electron chi connectivity index (χ3n) is 5.32. The van der Waals surface area contributed by atoms with Gasteiger partial charge in [0.05, 0.1) is 13.0 Å². The largest absolute Gasteiger partial charge is 0.467 e. The minimum Gasteiger partial charge on any atom is -0.467 e. The normalized spacial score (nSPS) is 28.0. The molecular formula is C18H23FN2O4. The lowest BCUT2D eigenvalue weighted by atomic mass is 9.81. The predicted molar refractivity (Wildman–Crippen MR) is 86.9 cm³/mol. The number of benzene rings is 1. The van der Waals surface area contributed by atoms with Gasteiger partial charge in [0.1, 0.15) is 18.2 Å². The lowest BCUT2D eigenvalue weighted by molar-refractivity contribution is -0.145. The van der Waals surface area contributed by atoms with E-state index in [-0.39, 0.29) is 31.2 Å². The number of hydrazine groups is 1. The zero-order valence-corrected chi connectivity index (χ0v) is 14.1. The quantitative estimate of drug-likeness (QED) is 0.811. The minimum absolute atomic E-state index is 0.00711. The van der Waals surface area contributed by atoms with Crippen LogP contribution >= 0.6 is 0 Å². The summed E-state index contributed by atoms with van der Waals surface area (Å²) in [6.45, 7) is 0.433. The van der Waals surface area contributed by atoms with E-state index < -0.39 is 0 Å². The zero-order chi connectivity index (χ0) is 17.2. The van der Waals surface area contributed by atoms with Gasteiger partial charge in [-0.1, -0.05) is 12.8 Å². The fourth-order valence-electron chi connectivity index (χ4n) is 4.10. The van der Waals surface area contributed by atoms with Crippen LogP contribution in [0.15, 0.2) is 12.1 Å². The Morgan fingerprint density at radius 2 is 2.16 bits per heavy atom. The maximum absolute atomic E-state index is 13.7. The number of rotatable bonds is 4. The van der Waals surface area contributed by atoms with E-state index in [4.69, 9.17) is 14.2 Å². The molecule has 1 aromatic carbocycles. The smallest absolute Gasteiger partial charge is 0.307 e. The van der Waals surface area contributed by atoms with Gasteiger partial charge in [0, 0.05) is 23.2 Å². The van der Waals surface area contributed by atoms with Crippen molar-refractivity contribution in [2.24, 2.45) is 5.92 Å². The summed E-state index contributed by atoms with van der Waals surface area (Å²) >= 11 is 0. The fourth-order valence-corrected chi connectivity index (χ4v) is 4.10. The number of esters is 1. The van der Waals surface area contributed by atoms with E-state index in [2.05, 4.69) is 10.9 Å². The fraction of sp³-hybridized carbons (Fsp3) is 0.611. The molecule has 1 aromatic rings. The molecule has 0 amide bonds.